The van der Waals surface area contributed by atoms with Gasteiger partial charge in [-0.05, 0) is 69.3 Å². The Bertz CT molecular complexity index is 414. The Morgan fingerprint density at radius 3 is 2.72 bits per heavy atom. The quantitative estimate of drug-likeness (QED) is 0.879. The monoisotopic (exact) mass is 247 g/mol. The highest BCUT2D eigenvalue weighted by molar-refractivity contribution is 5.42. The summed E-state index contributed by atoms with van der Waals surface area (Å²) in [7, 11) is 0. The molecular weight excluding hydrogens is 222 g/mol. The van der Waals surface area contributed by atoms with Crippen LogP contribution in [0, 0.1) is 20.8 Å². The van der Waals surface area contributed by atoms with Crippen molar-refractivity contribution < 1.29 is 4.74 Å². The van der Waals surface area contributed by atoms with Gasteiger partial charge in [0.15, 0.2) is 0 Å². The van der Waals surface area contributed by atoms with Crippen LogP contribution in [-0.2, 0) is 0 Å². The second kappa shape index (κ2) is 5.75. The van der Waals surface area contributed by atoms with E-state index in [0.29, 0.717) is 12.1 Å². The second-order valence-corrected chi connectivity index (χ2v) is 5.51. The van der Waals surface area contributed by atoms with Crippen molar-refractivity contribution in [3.8, 4) is 5.75 Å². The largest absolute Gasteiger partial charge is 0.490 e. The van der Waals surface area contributed by atoms with Crippen molar-refractivity contribution in [3.63, 3.8) is 0 Å². The number of ether oxygens (including phenoxy) is 1. The lowest BCUT2D eigenvalue weighted by atomic mass is 10.1. The fraction of sp³-hybridized carbons (Fsp3) is 0.625. The fourth-order valence-corrected chi connectivity index (χ4v) is 2.82. The summed E-state index contributed by atoms with van der Waals surface area (Å²) < 4.78 is 6.20. The molecule has 0 spiro atoms. The Balaban J connectivity index is 2.02. The van der Waals surface area contributed by atoms with Crippen molar-refractivity contribution in [2.24, 2.45) is 0 Å². The maximum atomic E-state index is 6.20. The Kier molecular flexibility index (Phi) is 4.28. The molecule has 1 aromatic rings. The van der Waals surface area contributed by atoms with Gasteiger partial charge in [-0.15, -0.1) is 0 Å². The second-order valence-electron chi connectivity index (χ2n) is 5.51. The SMILES string of the molecule is CCNC1CCC(Oc2cc(C)cc(C)c2C)C1. The Labute approximate surface area is 111 Å². The van der Waals surface area contributed by atoms with Gasteiger partial charge in [0, 0.05) is 6.04 Å². The zero-order chi connectivity index (χ0) is 13.1. The number of aryl methyl sites for hydroxylation is 2. The van der Waals surface area contributed by atoms with Gasteiger partial charge in [0.05, 0.1) is 0 Å². The van der Waals surface area contributed by atoms with Crippen LogP contribution in [0.2, 0.25) is 0 Å². The summed E-state index contributed by atoms with van der Waals surface area (Å²) in [4.78, 5) is 0. The summed E-state index contributed by atoms with van der Waals surface area (Å²) in [6, 6.07) is 5.03. The Hall–Kier alpha value is -1.02. The van der Waals surface area contributed by atoms with Crippen molar-refractivity contribution in [2.75, 3.05) is 6.54 Å². The third-order valence-corrected chi connectivity index (χ3v) is 3.93. The van der Waals surface area contributed by atoms with Crippen LogP contribution < -0.4 is 10.1 Å². The van der Waals surface area contributed by atoms with E-state index in [1.807, 2.05) is 0 Å². The minimum atomic E-state index is 0.383. The van der Waals surface area contributed by atoms with Crippen LogP contribution in [0.4, 0.5) is 0 Å². The molecule has 1 aliphatic rings. The van der Waals surface area contributed by atoms with Crippen molar-refractivity contribution in [1.29, 1.82) is 0 Å². The highest BCUT2D eigenvalue weighted by Crippen LogP contribution is 2.29. The fourth-order valence-electron chi connectivity index (χ4n) is 2.82. The Morgan fingerprint density at radius 2 is 2.00 bits per heavy atom. The molecule has 1 N–H and O–H groups in total. The minimum Gasteiger partial charge on any atom is -0.490 e. The maximum absolute atomic E-state index is 6.20. The lowest BCUT2D eigenvalue weighted by Gasteiger charge is -2.18. The average Bonchev–Trinajstić information content (AvgIpc) is 2.73. The zero-order valence-electron chi connectivity index (χ0n) is 12.0. The van der Waals surface area contributed by atoms with E-state index in [2.05, 4.69) is 45.1 Å². The van der Waals surface area contributed by atoms with E-state index in [9.17, 15) is 0 Å². The van der Waals surface area contributed by atoms with Crippen molar-refractivity contribution in [2.45, 2.75) is 59.1 Å². The molecule has 0 amide bonds. The van der Waals surface area contributed by atoms with Gasteiger partial charge < -0.3 is 10.1 Å². The van der Waals surface area contributed by atoms with Gasteiger partial charge in [0.25, 0.3) is 0 Å². The molecule has 0 heterocycles. The molecule has 18 heavy (non-hydrogen) atoms. The molecule has 2 nitrogen and oxygen atoms in total. The molecule has 2 heteroatoms. The van der Waals surface area contributed by atoms with Crippen LogP contribution in [0.3, 0.4) is 0 Å². The highest BCUT2D eigenvalue weighted by atomic mass is 16.5. The molecule has 0 aromatic heterocycles. The minimum absolute atomic E-state index is 0.383. The van der Waals surface area contributed by atoms with Gasteiger partial charge in [0.2, 0.25) is 0 Å². The van der Waals surface area contributed by atoms with Crippen LogP contribution in [0.25, 0.3) is 0 Å². The number of benzene rings is 1. The number of hydrogen-bond donors (Lipinski definition) is 1. The van der Waals surface area contributed by atoms with E-state index in [0.717, 1.165) is 18.7 Å². The lowest BCUT2D eigenvalue weighted by Crippen LogP contribution is -2.27. The maximum Gasteiger partial charge on any atom is 0.123 e. The first-order valence-electron chi connectivity index (χ1n) is 7.08. The van der Waals surface area contributed by atoms with E-state index in [-0.39, 0.29) is 0 Å². The van der Waals surface area contributed by atoms with Crippen molar-refractivity contribution in [1.82, 2.24) is 5.32 Å². The normalized spacial score (nSPS) is 23.3. The van der Waals surface area contributed by atoms with Crippen LogP contribution in [0.1, 0.15) is 42.9 Å². The molecule has 0 aliphatic heterocycles. The van der Waals surface area contributed by atoms with E-state index < -0.39 is 0 Å². The molecule has 0 bridgehead atoms. The first-order valence-corrected chi connectivity index (χ1v) is 7.08. The predicted octanol–water partition coefficient (Wildman–Crippen LogP) is 3.52. The third kappa shape index (κ3) is 3.05. The van der Waals surface area contributed by atoms with Crippen LogP contribution in [-0.4, -0.2) is 18.7 Å². The molecule has 1 saturated carbocycles. The number of hydrogen-bond acceptors (Lipinski definition) is 2. The molecule has 0 radical (unpaired) electrons. The molecule has 1 aliphatic carbocycles. The van der Waals surface area contributed by atoms with Gasteiger partial charge >= 0.3 is 0 Å². The van der Waals surface area contributed by atoms with Crippen LogP contribution in [0.5, 0.6) is 5.75 Å². The molecule has 2 atom stereocenters. The summed E-state index contributed by atoms with van der Waals surface area (Å²) in [6.07, 6.45) is 3.93. The van der Waals surface area contributed by atoms with Gasteiger partial charge in [-0.1, -0.05) is 13.0 Å². The summed E-state index contributed by atoms with van der Waals surface area (Å²) in [5.74, 6) is 1.08. The van der Waals surface area contributed by atoms with E-state index in [4.69, 9.17) is 4.74 Å². The first kappa shape index (κ1) is 13.4. The van der Waals surface area contributed by atoms with Gasteiger partial charge in [-0.3, -0.25) is 0 Å². The topological polar surface area (TPSA) is 21.3 Å². The lowest BCUT2D eigenvalue weighted by molar-refractivity contribution is 0.204. The molecular formula is C16H25NO. The van der Waals surface area contributed by atoms with E-state index in [1.54, 1.807) is 0 Å². The molecule has 1 aromatic carbocycles. The predicted molar refractivity (Wildman–Crippen MR) is 76.4 cm³/mol. The third-order valence-electron chi connectivity index (χ3n) is 3.93. The van der Waals surface area contributed by atoms with Gasteiger partial charge in [-0.2, -0.15) is 0 Å². The van der Waals surface area contributed by atoms with Crippen molar-refractivity contribution >= 4 is 0 Å². The van der Waals surface area contributed by atoms with E-state index in [1.165, 1.54) is 29.5 Å². The smallest absolute Gasteiger partial charge is 0.123 e. The van der Waals surface area contributed by atoms with Crippen molar-refractivity contribution in [3.05, 3.63) is 28.8 Å². The number of rotatable bonds is 4. The van der Waals surface area contributed by atoms with Gasteiger partial charge in [-0.25, -0.2) is 0 Å². The molecule has 0 saturated heterocycles. The van der Waals surface area contributed by atoms with Gasteiger partial charge in [0.1, 0.15) is 11.9 Å². The summed E-state index contributed by atoms with van der Waals surface area (Å²) >= 11 is 0. The summed E-state index contributed by atoms with van der Waals surface area (Å²) in [5.41, 5.74) is 3.90. The zero-order valence-corrected chi connectivity index (χ0v) is 12.0. The number of nitrogens with one attached hydrogen (secondary N) is 1. The molecule has 2 unspecified atom stereocenters. The van der Waals surface area contributed by atoms with E-state index >= 15 is 0 Å². The van der Waals surface area contributed by atoms with Crippen LogP contribution >= 0.6 is 0 Å². The summed E-state index contributed by atoms with van der Waals surface area (Å²) in [6.45, 7) is 9.67. The highest BCUT2D eigenvalue weighted by Gasteiger charge is 2.25. The molecule has 1 fully saturated rings. The Morgan fingerprint density at radius 1 is 1.22 bits per heavy atom. The molecule has 100 valence electrons. The molecule has 2 rings (SSSR count). The standard InChI is InChI=1S/C16H25NO/c1-5-17-14-6-7-15(10-14)18-16-9-11(2)8-12(3)13(16)4/h8-9,14-15,17H,5-7,10H2,1-4H3. The first-order chi connectivity index (χ1) is 8.60. The summed E-state index contributed by atoms with van der Waals surface area (Å²) in [5, 5.41) is 3.52. The average molecular weight is 247 g/mol. The van der Waals surface area contributed by atoms with Crippen LogP contribution in [0.15, 0.2) is 12.1 Å².